The van der Waals surface area contributed by atoms with E-state index in [0.29, 0.717) is 13.2 Å². The van der Waals surface area contributed by atoms with Crippen LogP contribution in [0.4, 0.5) is 4.39 Å². The third-order valence-corrected chi connectivity index (χ3v) is 2.44. The average molecular weight is 288 g/mol. The van der Waals surface area contributed by atoms with Crippen LogP contribution in [-0.4, -0.2) is 41.4 Å². The van der Waals surface area contributed by atoms with Gasteiger partial charge in [-0.2, -0.15) is 0 Å². The van der Waals surface area contributed by atoms with Crippen LogP contribution in [0.15, 0.2) is 30.7 Å². The Bertz CT molecular complexity index is 547. The lowest BCUT2D eigenvalue weighted by atomic mass is 10.2. The number of nitrogens with zero attached hydrogens (tertiary/aromatic N) is 3. The van der Waals surface area contributed by atoms with Gasteiger partial charge in [0.15, 0.2) is 0 Å². The topological polar surface area (TPSA) is 57.1 Å². The number of pyridine rings is 1. The molecule has 1 radical (unpaired) electrons. The van der Waals surface area contributed by atoms with Gasteiger partial charge in [0.25, 0.3) is 0 Å². The van der Waals surface area contributed by atoms with Crippen LogP contribution in [0.25, 0.3) is 12.2 Å². The molecule has 0 amide bonds. The zero-order chi connectivity index (χ0) is 14.8. The first kappa shape index (κ1) is 15.1. The fourth-order valence-corrected chi connectivity index (χ4v) is 1.46. The Morgan fingerprint density at radius 1 is 1.05 bits per heavy atom. The van der Waals surface area contributed by atoms with Crippen LogP contribution < -0.4 is 4.74 Å². The maximum Gasteiger partial charge on any atom is 0.316 e. The number of alkyl halides is 1. The summed E-state index contributed by atoms with van der Waals surface area (Å²) in [4.78, 5) is 12.0. The second-order valence-electron chi connectivity index (χ2n) is 4.00. The van der Waals surface area contributed by atoms with E-state index in [0.717, 1.165) is 11.1 Å². The summed E-state index contributed by atoms with van der Waals surface area (Å²) in [6.45, 7) is 0.195. The average Bonchev–Trinajstić information content (AvgIpc) is 2.55. The van der Waals surface area contributed by atoms with E-state index in [1.54, 1.807) is 24.7 Å². The highest BCUT2D eigenvalue weighted by molar-refractivity contribution is 5.68. The molecule has 0 saturated carbocycles. The minimum absolute atomic E-state index is 0.0834. The molecule has 0 atom stereocenters. The maximum absolute atomic E-state index is 11.8. The summed E-state index contributed by atoms with van der Waals surface area (Å²) in [5, 5.41) is 0. The standard InChI is InChI=1S/C15H15FN3O2/c16-5-7-20-8-9-21-15-18-11-14(12-19-15)4-3-13-2-1-6-17-10-13/h1-4,10-12H,5,7-9H2/b4-3+. The molecule has 0 N–H and O–H groups in total. The number of hydrogen-bond donors (Lipinski definition) is 0. The van der Waals surface area contributed by atoms with Crippen molar-refractivity contribution >= 4 is 12.2 Å². The molecule has 0 bridgehead atoms. The highest BCUT2D eigenvalue weighted by Gasteiger charge is 1.97. The molecular weight excluding hydrogens is 273 g/mol. The van der Waals surface area contributed by atoms with Crippen molar-refractivity contribution in [3.05, 3.63) is 48.0 Å². The largest absolute Gasteiger partial charge is 0.461 e. The minimum atomic E-state index is -0.494. The summed E-state index contributed by atoms with van der Waals surface area (Å²) in [6, 6.07) is 3.92. The van der Waals surface area contributed by atoms with Gasteiger partial charge in [0.05, 0.1) is 19.4 Å². The highest BCUT2D eigenvalue weighted by atomic mass is 19.1. The zero-order valence-electron chi connectivity index (χ0n) is 11.4. The van der Waals surface area contributed by atoms with Gasteiger partial charge in [-0.1, -0.05) is 18.2 Å². The van der Waals surface area contributed by atoms with E-state index in [1.807, 2.05) is 18.2 Å². The van der Waals surface area contributed by atoms with E-state index in [1.165, 1.54) is 0 Å². The van der Waals surface area contributed by atoms with Gasteiger partial charge >= 0.3 is 6.01 Å². The van der Waals surface area contributed by atoms with Crippen molar-refractivity contribution in [1.29, 1.82) is 0 Å². The molecule has 2 aromatic rings. The van der Waals surface area contributed by atoms with Crippen molar-refractivity contribution in [3.8, 4) is 6.01 Å². The lowest BCUT2D eigenvalue weighted by Crippen LogP contribution is -2.09. The molecule has 6 heteroatoms. The molecule has 0 aliphatic carbocycles. The first-order chi connectivity index (χ1) is 10.4. The molecule has 2 rings (SSSR count). The van der Waals surface area contributed by atoms with Gasteiger partial charge < -0.3 is 9.47 Å². The monoisotopic (exact) mass is 288 g/mol. The van der Waals surface area contributed by atoms with Crippen LogP contribution >= 0.6 is 0 Å². The van der Waals surface area contributed by atoms with Crippen molar-refractivity contribution in [2.24, 2.45) is 0 Å². The van der Waals surface area contributed by atoms with Gasteiger partial charge in [-0.15, -0.1) is 0 Å². The maximum atomic E-state index is 11.8. The summed E-state index contributed by atoms with van der Waals surface area (Å²) in [7, 11) is 0. The quantitative estimate of drug-likeness (QED) is 0.697. The van der Waals surface area contributed by atoms with Gasteiger partial charge in [-0.05, 0) is 11.6 Å². The minimum Gasteiger partial charge on any atom is -0.461 e. The van der Waals surface area contributed by atoms with Crippen LogP contribution in [-0.2, 0) is 4.74 Å². The predicted octanol–water partition coefficient (Wildman–Crippen LogP) is 2.21. The molecule has 2 heterocycles. The van der Waals surface area contributed by atoms with Crippen molar-refractivity contribution in [2.45, 2.75) is 0 Å². The number of aromatic nitrogens is 3. The van der Waals surface area contributed by atoms with E-state index in [2.05, 4.69) is 21.1 Å². The SMILES string of the molecule is FCCOCCOc1ncc(/C=C/c2cc[c]nc2)cn1. The van der Waals surface area contributed by atoms with E-state index in [-0.39, 0.29) is 12.6 Å². The van der Waals surface area contributed by atoms with Gasteiger partial charge in [0.1, 0.15) is 13.3 Å². The smallest absolute Gasteiger partial charge is 0.316 e. The summed E-state index contributed by atoms with van der Waals surface area (Å²) in [5.41, 5.74) is 1.82. The summed E-state index contributed by atoms with van der Waals surface area (Å²) < 4.78 is 22.0. The fourth-order valence-electron chi connectivity index (χ4n) is 1.46. The number of hydrogen-bond acceptors (Lipinski definition) is 5. The number of rotatable bonds is 8. The molecule has 5 nitrogen and oxygen atoms in total. The van der Waals surface area contributed by atoms with E-state index >= 15 is 0 Å². The summed E-state index contributed by atoms with van der Waals surface area (Å²) in [6.07, 6.45) is 11.5. The van der Waals surface area contributed by atoms with Crippen molar-refractivity contribution < 1.29 is 13.9 Å². The highest BCUT2D eigenvalue weighted by Crippen LogP contribution is 2.07. The Morgan fingerprint density at radius 2 is 1.86 bits per heavy atom. The van der Waals surface area contributed by atoms with Gasteiger partial charge in [0.2, 0.25) is 0 Å². The summed E-state index contributed by atoms with van der Waals surface area (Å²) in [5.74, 6) is 0. The second kappa shape index (κ2) is 8.76. The molecule has 0 unspecified atom stereocenters. The van der Waals surface area contributed by atoms with Crippen molar-refractivity contribution in [2.75, 3.05) is 26.5 Å². The van der Waals surface area contributed by atoms with Crippen LogP contribution in [0.2, 0.25) is 0 Å². The fraction of sp³-hybridized carbons (Fsp3) is 0.267. The molecule has 0 spiro atoms. The molecule has 2 aromatic heterocycles. The second-order valence-corrected chi connectivity index (χ2v) is 4.00. The molecule has 0 fully saturated rings. The Kier molecular flexibility index (Phi) is 6.28. The van der Waals surface area contributed by atoms with Crippen LogP contribution in [0, 0.1) is 6.20 Å². The Balaban J connectivity index is 1.80. The van der Waals surface area contributed by atoms with E-state index in [4.69, 9.17) is 9.47 Å². The van der Waals surface area contributed by atoms with Crippen molar-refractivity contribution in [1.82, 2.24) is 15.0 Å². The van der Waals surface area contributed by atoms with E-state index in [9.17, 15) is 4.39 Å². The summed E-state index contributed by atoms with van der Waals surface area (Å²) >= 11 is 0. The number of halogens is 1. The predicted molar refractivity (Wildman–Crippen MR) is 76.3 cm³/mol. The molecule has 21 heavy (non-hydrogen) atoms. The van der Waals surface area contributed by atoms with Crippen molar-refractivity contribution in [3.63, 3.8) is 0 Å². The lowest BCUT2D eigenvalue weighted by molar-refractivity contribution is 0.0868. The molecular formula is C15H15FN3O2. The van der Waals surface area contributed by atoms with Crippen LogP contribution in [0.5, 0.6) is 6.01 Å². The Labute approximate surface area is 122 Å². The molecule has 0 aliphatic rings. The first-order valence-electron chi connectivity index (χ1n) is 6.47. The number of ether oxygens (including phenoxy) is 2. The molecule has 0 aliphatic heterocycles. The normalized spacial score (nSPS) is 10.9. The Hall–Kier alpha value is -2.34. The zero-order valence-corrected chi connectivity index (χ0v) is 11.4. The Morgan fingerprint density at radius 3 is 2.57 bits per heavy atom. The lowest BCUT2D eigenvalue weighted by Gasteiger charge is -2.04. The van der Waals surface area contributed by atoms with Gasteiger partial charge in [-0.3, -0.25) is 4.98 Å². The first-order valence-corrected chi connectivity index (χ1v) is 6.47. The third-order valence-electron chi connectivity index (χ3n) is 2.44. The molecule has 109 valence electrons. The van der Waals surface area contributed by atoms with Crippen LogP contribution in [0.3, 0.4) is 0 Å². The van der Waals surface area contributed by atoms with Gasteiger partial charge in [0, 0.05) is 24.2 Å². The molecule has 0 aromatic carbocycles. The van der Waals surface area contributed by atoms with E-state index < -0.39 is 6.67 Å². The van der Waals surface area contributed by atoms with Gasteiger partial charge in [-0.25, -0.2) is 14.4 Å². The molecule has 0 saturated heterocycles. The third kappa shape index (κ3) is 5.66. The van der Waals surface area contributed by atoms with Crippen LogP contribution in [0.1, 0.15) is 11.1 Å².